The second kappa shape index (κ2) is 4.55. The Hall–Kier alpha value is -2.07. The first-order valence-electron chi connectivity index (χ1n) is 5.83. The van der Waals surface area contributed by atoms with Gasteiger partial charge in [-0.25, -0.2) is 0 Å². The smallest absolute Gasteiger partial charge is 0.262 e. The molecule has 0 unspecified atom stereocenters. The van der Waals surface area contributed by atoms with E-state index in [0.717, 1.165) is 0 Å². The first-order chi connectivity index (χ1) is 9.20. The van der Waals surface area contributed by atoms with E-state index >= 15 is 0 Å². The van der Waals surface area contributed by atoms with Gasteiger partial charge >= 0.3 is 0 Å². The van der Waals surface area contributed by atoms with Crippen LogP contribution in [0.5, 0.6) is 5.75 Å². The summed E-state index contributed by atoms with van der Waals surface area (Å²) in [4.78, 5) is 23.4. The highest BCUT2D eigenvalue weighted by atomic mass is 35.5. The molecular weight excluding hydrogens is 266 g/mol. The summed E-state index contributed by atoms with van der Waals surface area (Å²) in [5.41, 5.74) is 1.47. The van der Waals surface area contributed by atoms with Gasteiger partial charge < -0.3 is 4.74 Å². The predicted octanol–water partition coefficient (Wildman–Crippen LogP) is 2.24. The van der Waals surface area contributed by atoms with Crippen molar-refractivity contribution in [3.05, 3.63) is 57.0 Å². The van der Waals surface area contributed by atoms with Crippen molar-refractivity contribution < 1.29 is 9.53 Å². The molecule has 0 spiro atoms. The van der Waals surface area contributed by atoms with E-state index in [2.05, 4.69) is 0 Å². The highest BCUT2D eigenvalue weighted by Gasteiger charge is 2.22. The molecule has 1 aromatic heterocycles. The predicted molar refractivity (Wildman–Crippen MR) is 71.6 cm³/mol. The molecule has 4 nitrogen and oxygen atoms in total. The van der Waals surface area contributed by atoms with Crippen LogP contribution in [0.3, 0.4) is 0 Å². The highest BCUT2D eigenvalue weighted by Crippen LogP contribution is 2.26. The summed E-state index contributed by atoms with van der Waals surface area (Å²) in [6.45, 7) is 0.441. The molecule has 1 aliphatic rings. The summed E-state index contributed by atoms with van der Waals surface area (Å²) < 4.78 is 6.80. The maximum absolute atomic E-state index is 12.3. The van der Waals surface area contributed by atoms with Gasteiger partial charge in [0, 0.05) is 23.3 Å². The van der Waals surface area contributed by atoms with Crippen LogP contribution in [0.2, 0.25) is 5.02 Å². The van der Waals surface area contributed by atoms with E-state index in [4.69, 9.17) is 16.3 Å². The minimum absolute atomic E-state index is 0.152. The molecule has 0 radical (unpaired) electrons. The molecule has 0 saturated heterocycles. The molecule has 0 amide bonds. The molecule has 2 heterocycles. The van der Waals surface area contributed by atoms with Crippen LogP contribution >= 0.6 is 11.6 Å². The normalized spacial score (nSPS) is 12.9. The zero-order valence-electron chi connectivity index (χ0n) is 9.93. The van der Waals surface area contributed by atoms with Crippen molar-refractivity contribution in [1.82, 2.24) is 4.57 Å². The Morgan fingerprint density at radius 1 is 1.26 bits per heavy atom. The molecule has 0 saturated carbocycles. The average molecular weight is 276 g/mol. The van der Waals surface area contributed by atoms with E-state index in [1.165, 1.54) is 10.8 Å². The minimum atomic E-state index is -0.152. The van der Waals surface area contributed by atoms with Crippen molar-refractivity contribution >= 4 is 17.9 Å². The fourth-order valence-electron chi connectivity index (χ4n) is 2.20. The summed E-state index contributed by atoms with van der Waals surface area (Å²) >= 11 is 5.83. The molecule has 0 bridgehead atoms. The van der Waals surface area contributed by atoms with Gasteiger partial charge in [0.15, 0.2) is 6.29 Å². The molecule has 0 fully saturated rings. The van der Waals surface area contributed by atoms with Crippen molar-refractivity contribution in [2.24, 2.45) is 0 Å². The Bertz CT molecular complexity index is 704. The Morgan fingerprint density at radius 2 is 2.00 bits per heavy atom. The molecule has 1 aliphatic heterocycles. The van der Waals surface area contributed by atoms with Crippen LogP contribution in [-0.2, 0) is 6.42 Å². The first kappa shape index (κ1) is 12.0. The van der Waals surface area contributed by atoms with Crippen molar-refractivity contribution in [1.29, 1.82) is 0 Å². The zero-order valence-corrected chi connectivity index (χ0v) is 10.7. The lowest BCUT2D eigenvalue weighted by molar-refractivity contribution is 0.112. The van der Waals surface area contributed by atoms with Crippen LogP contribution < -0.4 is 10.3 Å². The number of pyridine rings is 1. The number of aldehydes is 1. The lowest BCUT2D eigenvalue weighted by Crippen LogP contribution is -2.21. The molecular formula is C14H10ClNO3. The van der Waals surface area contributed by atoms with Crippen molar-refractivity contribution in [3.8, 4) is 11.4 Å². The quantitative estimate of drug-likeness (QED) is 0.790. The number of carbonyl (C=O) groups is 1. The maximum atomic E-state index is 12.3. The van der Waals surface area contributed by atoms with Gasteiger partial charge in [0.25, 0.3) is 5.56 Å². The van der Waals surface area contributed by atoms with Crippen LogP contribution in [-0.4, -0.2) is 17.5 Å². The van der Waals surface area contributed by atoms with E-state index in [9.17, 15) is 9.59 Å². The number of halogens is 1. The second-order valence-electron chi connectivity index (χ2n) is 4.26. The molecule has 5 heteroatoms. The van der Waals surface area contributed by atoms with Crippen LogP contribution in [0.15, 0.2) is 35.3 Å². The maximum Gasteiger partial charge on any atom is 0.262 e. The lowest BCUT2D eigenvalue weighted by Gasteiger charge is -2.09. The van der Waals surface area contributed by atoms with Gasteiger partial charge in [-0.15, -0.1) is 0 Å². The van der Waals surface area contributed by atoms with Crippen LogP contribution in [0.1, 0.15) is 15.9 Å². The van der Waals surface area contributed by atoms with Gasteiger partial charge in [0.2, 0.25) is 0 Å². The number of carbonyl (C=O) groups excluding carboxylic acids is 1. The van der Waals surface area contributed by atoms with Gasteiger partial charge in [-0.2, -0.15) is 0 Å². The average Bonchev–Trinajstić information content (AvgIpc) is 2.91. The summed E-state index contributed by atoms with van der Waals surface area (Å²) in [5.74, 6) is 0.421. The number of ether oxygens (including phenoxy) is 1. The number of hydrogen-bond acceptors (Lipinski definition) is 3. The molecule has 0 atom stereocenters. The lowest BCUT2D eigenvalue weighted by atomic mass is 10.1. The molecule has 0 N–H and O–H groups in total. The number of fused-ring (bicyclic) bond motifs is 1. The van der Waals surface area contributed by atoms with E-state index in [1.54, 1.807) is 24.3 Å². The van der Waals surface area contributed by atoms with Gasteiger partial charge in [0.1, 0.15) is 5.75 Å². The second-order valence-corrected chi connectivity index (χ2v) is 4.70. The van der Waals surface area contributed by atoms with Gasteiger partial charge in [-0.3, -0.25) is 14.2 Å². The Labute approximate surface area is 114 Å². The van der Waals surface area contributed by atoms with E-state index in [0.29, 0.717) is 46.9 Å². The molecule has 19 heavy (non-hydrogen) atoms. The molecule has 2 aromatic rings. The largest absolute Gasteiger partial charge is 0.492 e. The molecule has 0 aliphatic carbocycles. The number of hydrogen-bond donors (Lipinski definition) is 0. The van der Waals surface area contributed by atoms with Crippen molar-refractivity contribution in [2.45, 2.75) is 6.42 Å². The fraction of sp³-hybridized carbons (Fsp3) is 0.143. The Balaban J connectivity index is 2.25. The summed E-state index contributed by atoms with van der Waals surface area (Å²) in [6.07, 6.45) is 2.74. The number of nitrogens with zero attached hydrogens (tertiary/aromatic N) is 1. The molecule has 1 aromatic carbocycles. The van der Waals surface area contributed by atoms with E-state index < -0.39 is 0 Å². The third-order valence-electron chi connectivity index (χ3n) is 3.11. The van der Waals surface area contributed by atoms with Gasteiger partial charge in [-0.1, -0.05) is 11.6 Å². The van der Waals surface area contributed by atoms with Crippen LogP contribution in [0.25, 0.3) is 5.69 Å². The SMILES string of the molecule is O=Cc1cn(-c2ccc(Cl)cc2)c(=O)c2c1OCC2. The first-order valence-corrected chi connectivity index (χ1v) is 6.21. The van der Waals surface area contributed by atoms with Gasteiger partial charge in [0.05, 0.1) is 17.7 Å². The Morgan fingerprint density at radius 3 is 2.68 bits per heavy atom. The third-order valence-corrected chi connectivity index (χ3v) is 3.36. The fourth-order valence-corrected chi connectivity index (χ4v) is 2.32. The van der Waals surface area contributed by atoms with Crippen molar-refractivity contribution in [2.75, 3.05) is 6.61 Å². The highest BCUT2D eigenvalue weighted by molar-refractivity contribution is 6.30. The minimum Gasteiger partial charge on any atom is -0.492 e. The number of benzene rings is 1. The van der Waals surface area contributed by atoms with Crippen molar-refractivity contribution in [3.63, 3.8) is 0 Å². The standard InChI is InChI=1S/C14H10ClNO3/c15-10-1-3-11(4-2-10)16-7-9(8-17)13-12(14(16)18)5-6-19-13/h1-4,7-8H,5-6H2. The molecule has 96 valence electrons. The third kappa shape index (κ3) is 1.94. The van der Waals surface area contributed by atoms with E-state index in [-0.39, 0.29) is 5.56 Å². The van der Waals surface area contributed by atoms with Gasteiger partial charge in [-0.05, 0) is 24.3 Å². The Kier molecular flexibility index (Phi) is 2.87. The van der Waals surface area contributed by atoms with Crippen LogP contribution in [0.4, 0.5) is 0 Å². The number of aromatic nitrogens is 1. The van der Waals surface area contributed by atoms with Crippen LogP contribution in [0, 0.1) is 0 Å². The topological polar surface area (TPSA) is 48.3 Å². The summed E-state index contributed by atoms with van der Waals surface area (Å²) in [7, 11) is 0. The van der Waals surface area contributed by atoms with E-state index in [1.807, 2.05) is 0 Å². The monoisotopic (exact) mass is 275 g/mol. The number of rotatable bonds is 2. The summed E-state index contributed by atoms with van der Waals surface area (Å²) in [5, 5.41) is 0.594. The summed E-state index contributed by atoms with van der Waals surface area (Å²) in [6, 6.07) is 6.88. The zero-order chi connectivity index (χ0) is 13.4. The molecule has 3 rings (SSSR count).